The Bertz CT molecular complexity index is 529. The summed E-state index contributed by atoms with van der Waals surface area (Å²) in [5.74, 6) is 0.533. The molecule has 0 atom stereocenters. The number of nitrogens with one attached hydrogen (secondary N) is 1. The molecule has 96 valence electrons. The van der Waals surface area contributed by atoms with E-state index in [0.29, 0.717) is 5.92 Å². The normalized spacial score (nSPS) is 16.2. The van der Waals surface area contributed by atoms with E-state index in [1.807, 2.05) is 23.7 Å². The van der Waals surface area contributed by atoms with E-state index in [1.54, 1.807) is 0 Å². The Morgan fingerprint density at radius 3 is 3.11 bits per heavy atom. The first-order valence-corrected chi connectivity index (χ1v) is 7.22. The van der Waals surface area contributed by atoms with Crippen LogP contribution in [0.1, 0.15) is 40.9 Å². The number of hydrogen-bond acceptors (Lipinski definition) is 4. The number of fused-ring (bicyclic) bond motifs is 1. The van der Waals surface area contributed by atoms with Gasteiger partial charge >= 0.3 is 0 Å². The van der Waals surface area contributed by atoms with Crippen molar-refractivity contribution in [3.05, 3.63) is 33.5 Å². The van der Waals surface area contributed by atoms with Crippen LogP contribution in [-0.4, -0.2) is 26.6 Å². The van der Waals surface area contributed by atoms with Gasteiger partial charge in [-0.25, -0.2) is 4.98 Å². The van der Waals surface area contributed by atoms with E-state index < -0.39 is 0 Å². The molecule has 0 unspecified atom stereocenters. The minimum atomic E-state index is 0.533. The van der Waals surface area contributed by atoms with Gasteiger partial charge in [-0.2, -0.15) is 5.10 Å². The van der Waals surface area contributed by atoms with Crippen LogP contribution < -0.4 is 0 Å². The molecule has 0 bridgehead atoms. The lowest BCUT2D eigenvalue weighted by molar-refractivity contribution is 0.247. The molecule has 0 saturated heterocycles. The van der Waals surface area contributed by atoms with Crippen molar-refractivity contribution < 1.29 is 0 Å². The fourth-order valence-corrected chi connectivity index (χ4v) is 3.26. The van der Waals surface area contributed by atoms with Crippen LogP contribution in [0, 0.1) is 0 Å². The predicted molar refractivity (Wildman–Crippen MR) is 72.6 cm³/mol. The standard InChI is InChI=1S/C13H18N4S/c1-9(2)13-14-6-11(18-13)8-17-4-3-12-10(7-17)5-15-16-12/h5-6,9H,3-4,7-8H2,1-2H3,(H,15,16). The average Bonchev–Trinajstić information content (AvgIpc) is 2.96. The Morgan fingerprint density at radius 2 is 2.33 bits per heavy atom. The zero-order chi connectivity index (χ0) is 12.5. The van der Waals surface area contributed by atoms with Gasteiger partial charge in [0.05, 0.1) is 11.2 Å². The second-order valence-corrected chi connectivity index (χ2v) is 6.30. The molecule has 0 saturated carbocycles. The van der Waals surface area contributed by atoms with Gasteiger partial charge in [-0.05, 0) is 0 Å². The summed E-state index contributed by atoms with van der Waals surface area (Å²) in [6.45, 7) is 7.50. The van der Waals surface area contributed by atoms with Gasteiger partial charge in [0.15, 0.2) is 0 Å². The number of nitrogens with zero attached hydrogens (tertiary/aromatic N) is 3. The third-order valence-corrected chi connectivity index (χ3v) is 4.61. The SMILES string of the molecule is CC(C)c1ncc(CN2CCc3[nH]ncc3C2)s1. The van der Waals surface area contributed by atoms with Crippen LogP contribution in [0.25, 0.3) is 0 Å². The van der Waals surface area contributed by atoms with Crippen LogP contribution in [0.15, 0.2) is 12.4 Å². The molecule has 0 amide bonds. The zero-order valence-corrected chi connectivity index (χ0v) is 11.6. The lowest BCUT2D eigenvalue weighted by atomic mass is 10.1. The molecule has 18 heavy (non-hydrogen) atoms. The van der Waals surface area contributed by atoms with E-state index in [4.69, 9.17) is 0 Å². The van der Waals surface area contributed by atoms with E-state index >= 15 is 0 Å². The lowest BCUT2D eigenvalue weighted by Crippen LogP contribution is -2.29. The quantitative estimate of drug-likeness (QED) is 0.924. The molecule has 3 heterocycles. The minimum Gasteiger partial charge on any atom is -0.293 e. The lowest BCUT2D eigenvalue weighted by Gasteiger charge is -2.25. The Labute approximate surface area is 111 Å². The van der Waals surface area contributed by atoms with E-state index in [-0.39, 0.29) is 0 Å². The van der Waals surface area contributed by atoms with Gasteiger partial charge in [0.2, 0.25) is 0 Å². The fourth-order valence-electron chi connectivity index (χ4n) is 2.30. The van der Waals surface area contributed by atoms with Crippen molar-refractivity contribution in [3.63, 3.8) is 0 Å². The van der Waals surface area contributed by atoms with Gasteiger partial charge in [0.25, 0.3) is 0 Å². The zero-order valence-electron chi connectivity index (χ0n) is 10.8. The van der Waals surface area contributed by atoms with Crippen LogP contribution in [0.2, 0.25) is 0 Å². The van der Waals surface area contributed by atoms with Crippen molar-refractivity contribution in [1.29, 1.82) is 0 Å². The van der Waals surface area contributed by atoms with Crippen molar-refractivity contribution in [2.75, 3.05) is 6.54 Å². The second kappa shape index (κ2) is 4.82. The van der Waals surface area contributed by atoms with Crippen LogP contribution in [-0.2, 0) is 19.5 Å². The van der Waals surface area contributed by atoms with Crippen molar-refractivity contribution in [2.24, 2.45) is 0 Å². The monoisotopic (exact) mass is 262 g/mol. The van der Waals surface area contributed by atoms with Crippen molar-refractivity contribution >= 4 is 11.3 Å². The molecule has 4 nitrogen and oxygen atoms in total. The molecule has 0 aromatic carbocycles. The highest BCUT2D eigenvalue weighted by Crippen LogP contribution is 2.24. The Morgan fingerprint density at radius 1 is 1.44 bits per heavy atom. The summed E-state index contributed by atoms with van der Waals surface area (Å²) in [4.78, 5) is 8.32. The van der Waals surface area contributed by atoms with Gasteiger partial charge in [0, 0.05) is 54.3 Å². The van der Waals surface area contributed by atoms with Gasteiger partial charge in [-0.1, -0.05) is 13.8 Å². The maximum absolute atomic E-state index is 4.49. The van der Waals surface area contributed by atoms with Crippen molar-refractivity contribution in [1.82, 2.24) is 20.1 Å². The Kier molecular flexibility index (Phi) is 3.18. The van der Waals surface area contributed by atoms with Crippen LogP contribution >= 0.6 is 11.3 Å². The van der Waals surface area contributed by atoms with Crippen LogP contribution in [0.3, 0.4) is 0 Å². The first-order chi connectivity index (χ1) is 8.72. The summed E-state index contributed by atoms with van der Waals surface area (Å²) in [6, 6.07) is 0. The number of aromatic amines is 1. The molecule has 0 aliphatic carbocycles. The summed E-state index contributed by atoms with van der Waals surface area (Å²) in [5.41, 5.74) is 2.65. The molecule has 0 fully saturated rings. The number of hydrogen-bond donors (Lipinski definition) is 1. The van der Waals surface area contributed by atoms with E-state index in [9.17, 15) is 0 Å². The average molecular weight is 262 g/mol. The molecular weight excluding hydrogens is 244 g/mol. The summed E-state index contributed by atoms with van der Waals surface area (Å²) in [5, 5.41) is 8.43. The van der Waals surface area contributed by atoms with Crippen molar-refractivity contribution in [2.45, 2.75) is 39.3 Å². The highest BCUT2D eigenvalue weighted by molar-refractivity contribution is 7.11. The third-order valence-electron chi connectivity index (χ3n) is 3.32. The third kappa shape index (κ3) is 2.33. The van der Waals surface area contributed by atoms with E-state index in [1.165, 1.54) is 21.1 Å². The molecule has 3 rings (SSSR count). The van der Waals surface area contributed by atoms with Gasteiger partial charge in [0.1, 0.15) is 0 Å². The number of rotatable bonds is 3. The number of thiazole rings is 1. The van der Waals surface area contributed by atoms with Gasteiger partial charge in [-0.15, -0.1) is 11.3 Å². The topological polar surface area (TPSA) is 44.8 Å². The molecule has 0 spiro atoms. The maximum atomic E-state index is 4.49. The van der Waals surface area contributed by atoms with Gasteiger partial charge < -0.3 is 0 Å². The summed E-state index contributed by atoms with van der Waals surface area (Å²) in [6.07, 6.45) is 5.06. The summed E-state index contributed by atoms with van der Waals surface area (Å²) in [7, 11) is 0. The van der Waals surface area contributed by atoms with Gasteiger partial charge in [-0.3, -0.25) is 10.00 Å². The molecular formula is C13H18N4S. The van der Waals surface area contributed by atoms with Crippen LogP contribution in [0.5, 0.6) is 0 Å². The Balaban J connectivity index is 1.67. The highest BCUT2D eigenvalue weighted by atomic mass is 32.1. The number of H-pyrrole nitrogens is 1. The number of aromatic nitrogens is 3. The fraction of sp³-hybridized carbons (Fsp3) is 0.538. The smallest absolute Gasteiger partial charge is 0.0953 e. The molecule has 1 aliphatic rings. The molecule has 1 N–H and O–H groups in total. The predicted octanol–water partition coefficient (Wildman–Crippen LogP) is 2.55. The van der Waals surface area contributed by atoms with Crippen LogP contribution in [0.4, 0.5) is 0 Å². The molecule has 2 aromatic heterocycles. The molecule has 2 aromatic rings. The minimum absolute atomic E-state index is 0.533. The first-order valence-electron chi connectivity index (χ1n) is 6.40. The maximum Gasteiger partial charge on any atom is 0.0953 e. The molecule has 5 heteroatoms. The summed E-state index contributed by atoms with van der Waals surface area (Å²) >= 11 is 1.84. The van der Waals surface area contributed by atoms with Crippen molar-refractivity contribution in [3.8, 4) is 0 Å². The highest BCUT2D eigenvalue weighted by Gasteiger charge is 2.18. The Hall–Kier alpha value is -1.20. The largest absolute Gasteiger partial charge is 0.293 e. The molecule has 1 aliphatic heterocycles. The second-order valence-electron chi connectivity index (χ2n) is 5.15. The molecule has 0 radical (unpaired) electrons. The van der Waals surface area contributed by atoms with E-state index in [2.05, 4.69) is 33.9 Å². The van der Waals surface area contributed by atoms with E-state index in [0.717, 1.165) is 26.1 Å². The summed E-state index contributed by atoms with van der Waals surface area (Å²) < 4.78 is 0. The first kappa shape index (κ1) is 11.9.